The highest BCUT2D eigenvalue weighted by molar-refractivity contribution is 5.97. The third-order valence-electron chi connectivity index (χ3n) is 4.95. The molecule has 2 aromatic carbocycles. The number of halogens is 3. The highest BCUT2D eigenvalue weighted by atomic mass is 19.4. The Morgan fingerprint density at radius 1 is 1.00 bits per heavy atom. The van der Waals surface area contributed by atoms with Gasteiger partial charge in [0.2, 0.25) is 0 Å². The molecule has 1 amide bonds. The third-order valence-corrected chi connectivity index (χ3v) is 4.95. The van der Waals surface area contributed by atoms with Crippen molar-refractivity contribution in [3.8, 4) is 11.5 Å². The molecule has 1 aliphatic heterocycles. The lowest BCUT2D eigenvalue weighted by Gasteiger charge is -2.35. The van der Waals surface area contributed by atoms with Crippen molar-refractivity contribution < 1.29 is 27.4 Å². The SMILES string of the molecule is COc1cccc(C(=O)N2CCN(Cc3cccc(C(F)(F)F)c3)CC2)c1OC. The van der Waals surface area contributed by atoms with E-state index >= 15 is 0 Å². The second-order valence-corrected chi connectivity index (χ2v) is 6.81. The molecule has 29 heavy (non-hydrogen) atoms. The first-order valence-corrected chi connectivity index (χ1v) is 9.22. The molecule has 1 aliphatic rings. The molecule has 0 spiro atoms. The van der Waals surface area contributed by atoms with Crippen LogP contribution < -0.4 is 9.47 Å². The van der Waals surface area contributed by atoms with Crippen LogP contribution in [0.15, 0.2) is 42.5 Å². The lowest BCUT2D eigenvalue weighted by Crippen LogP contribution is -2.48. The molecule has 8 heteroatoms. The number of alkyl halides is 3. The third kappa shape index (κ3) is 4.82. The molecule has 0 bridgehead atoms. The van der Waals surface area contributed by atoms with E-state index in [9.17, 15) is 18.0 Å². The Kier molecular flexibility index (Phi) is 6.32. The van der Waals surface area contributed by atoms with E-state index < -0.39 is 11.7 Å². The van der Waals surface area contributed by atoms with E-state index in [1.54, 1.807) is 29.2 Å². The van der Waals surface area contributed by atoms with Gasteiger partial charge < -0.3 is 14.4 Å². The number of methoxy groups -OCH3 is 2. The maximum absolute atomic E-state index is 12.9. The van der Waals surface area contributed by atoms with Gasteiger partial charge in [-0.1, -0.05) is 24.3 Å². The minimum Gasteiger partial charge on any atom is -0.493 e. The van der Waals surface area contributed by atoms with Crippen molar-refractivity contribution in [1.82, 2.24) is 9.80 Å². The summed E-state index contributed by atoms with van der Waals surface area (Å²) in [6.45, 7) is 2.54. The van der Waals surface area contributed by atoms with Crippen LogP contribution in [0, 0.1) is 0 Å². The van der Waals surface area contributed by atoms with Crippen molar-refractivity contribution in [2.45, 2.75) is 12.7 Å². The number of rotatable bonds is 5. The molecule has 0 radical (unpaired) electrons. The molecule has 156 valence electrons. The largest absolute Gasteiger partial charge is 0.493 e. The van der Waals surface area contributed by atoms with Crippen LogP contribution in [0.2, 0.25) is 0 Å². The predicted octanol–water partition coefficient (Wildman–Crippen LogP) is 3.68. The summed E-state index contributed by atoms with van der Waals surface area (Å²) in [7, 11) is 3.00. The zero-order valence-corrected chi connectivity index (χ0v) is 16.3. The van der Waals surface area contributed by atoms with Gasteiger partial charge >= 0.3 is 6.18 Å². The van der Waals surface area contributed by atoms with Gasteiger partial charge in [-0.3, -0.25) is 9.69 Å². The molecule has 1 fully saturated rings. The van der Waals surface area contributed by atoms with Gasteiger partial charge in [-0.25, -0.2) is 0 Å². The number of nitrogens with zero attached hydrogens (tertiary/aromatic N) is 2. The average molecular weight is 408 g/mol. The molecule has 0 atom stereocenters. The number of piperazine rings is 1. The Hall–Kier alpha value is -2.74. The summed E-state index contributed by atoms with van der Waals surface area (Å²) in [5, 5.41) is 0. The van der Waals surface area contributed by atoms with E-state index in [4.69, 9.17) is 9.47 Å². The normalized spacial score (nSPS) is 15.3. The number of benzene rings is 2. The lowest BCUT2D eigenvalue weighted by molar-refractivity contribution is -0.137. The van der Waals surface area contributed by atoms with Crippen LogP contribution in [-0.4, -0.2) is 56.1 Å². The zero-order chi connectivity index (χ0) is 21.0. The monoisotopic (exact) mass is 408 g/mol. The summed E-state index contributed by atoms with van der Waals surface area (Å²) in [4.78, 5) is 16.7. The lowest BCUT2D eigenvalue weighted by atomic mass is 10.1. The second kappa shape index (κ2) is 8.73. The summed E-state index contributed by atoms with van der Waals surface area (Å²) in [5.74, 6) is 0.729. The number of hydrogen-bond donors (Lipinski definition) is 0. The van der Waals surface area contributed by atoms with E-state index in [2.05, 4.69) is 0 Å². The molecule has 2 aromatic rings. The van der Waals surface area contributed by atoms with Crippen molar-refractivity contribution in [2.75, 3.05) is 40.4 Å². The highest BCUT2D eigenvalue weighted by Crippen LogP contribution is 2.32. The van der Waals surface area contributed by atoms with E-state index in [0.717, 1.165) is 6.07 Å². The zero-order valence-electron chi connectivity index (χ0n) is 16.3. The highest BCUT2D eigenvalue weighted by Gasteiger charge is 2.31. The second-order valence-electron chi connectivity index (χ2n) is 6.81. The standard InChI is InChI=1S/C21H23F3N2O3/c1-28-18-8-4-7-17(19(18)29-2)20(27)26-11-9-25(10-12-26)14-15-5-3-6-16(13-15)21(22,23)24/h3-8,13H,9-12,14H2,1-2H3. The first-order valence-electron chi connectivity index (χ1n) is 9.22. The predicted molar refractivity (Wildman–Crippen MR) is 102 cm³/mol. The van der Waals surface area contributed by atoms with Crippen LogP contribution in [0.5, 0.6) is 11.5 Å². The Labute approximate surface area is 167 Å². The van der Waals surface area contributed by atoms with Crippen molar-refractivity contribution in [3.05, 3.63) is 59.2 Å². The molecule has 1 saturated heterocycles. The van der Waals surface area contributed by atoms with Gasteiger partial charge in [0.25, 0.3) is 5.91 Å². The summed E-state index contributed by atoms with van der Waals surface area (Å²) >= 11 is 0. The molecule has 0 N–H and O–H groups in total. The molecular weight excluding hydrogens is 385 g/mol. The van der Waals surface area contributed by atoms with E-state index in [0.29, 0.717) is 55.3 Å². The van der Waals surface area contributed by atoms with Gasteiger partial charge in [0.15, 0.2) is 11.5 Å². The number of carbonyl (C=O) groups excluding carboxylic acids is 1. The summed E-state index contributed by atoms with van der Waals surface area (Å²) in [5.41, 5.74) is 0.390. The number of carbonyl (C=O) groups is 1. The van der Waals surface area contributed by atoms with Crippen LogP contribution in [0.25, 0.3) is 0 Å². The maximum atomic E-state index is 12.9. The molecule has 3 rings (SSSR count). The summed E-state index contributed by atoms with van der Waals surface area (Å²) in [6, 6.07) is 10.5. The van der Waals surface area contributed by atoms with Crippen molar-refractivity contribution in [2.24, 2.45) is 0 Å². The van der Waals surface area contributed by atoms with Gasteiger partial charge in [0, 0.05) is 32.7 Å². The van der Waals surface area contributed by atoms with Crippen molar-refractivity contribution in [3.63, 3.8) is 0 Å². The Morgan fingerprint density at radius 3 is 2.31 bits per heavy atom. The fraction of sp³-hybridized carbons (Fsp3) is 0.381. The molecule has 5 nitrogen and oxygen atoms in total. The number of hydrogen-bond acceptors (Lipinski definition) is 4. The fourth-order valence-corrected chi connectivity index (χ4v) is 3.44. The van der Waals surface area contributed by atoms with Crippen molar-refractivity contribution in [1.29, 1.82) is 0 Å². The van der Waals surface area contributed by atoms with Gasteiger partial charge in [-0.15, -0.1) is 0 Å². The minimum absolute atomic E-state index is 0.153. The van der Waals surface area contributed by atoms with Crippen LogP contribution >= 0.6 is 0 Å². The Bertz CT molecular complexity index is 862. The van der Waals surface area contributed by atoms with Gasteiger partial charge in [-0.05, 0) is 23.8 Å². The van der Waals surface area contributed by atoms with Crippen molar-refractivity contribution >= 4 is 5.91 Å². The maximum Gasteiger partial charge on any atom is 0.416 e. The van der Waals surface area contributed by atoms with E-state index in [1.807, 2.05) is 4.90 Å². The summed E-state index contributed by atoms with van der Waals surface area (Å²) < 4.78 is 49.3. The molecule has 0 aromatic heterocycles. The molecule has 0 unspecified atom stereocenters. The number of para-hydroxylation sites is 1. The average Bonchev–Trinajstić information content (AvgIpc) is 2.72. The quantitative estimate of drug-likeness (QED) is 0.757. The Balaban J connectivity index is 1.63. The van der Waals surface area contributed by atoms with Gasteiger partial charge in [0.05, 0.1) is 25.3 Å². The van der Waals surface area contributed by atoms with E-state index in [1.165, 1.54) is 26.4 Å². The van der Waals surface area contributed by atoms with Crippen LogP contribution in [0.1, 0.15) is 21.5 Å². The fourth-order valence-electron chi connectivity index (χ4n) is 3.44. The molecule has 0 saturated carbocycles. The molecule has 0 aliphatic carbocycles. The van der Waals surface area contributed by atoms with Gasteiger partial charge in [0.1, 0.15) is 0 Å². The van der Waals surface area contributed by atoms with Gasteiger partial charge in [-0.2, -0.15) is 13.2 Å². The smallest absolute Gasteiger partial charge is 0.416 e. The minimum atomic E-state index is -4.35. The van der Waals surface area contributed by atoms with Crippen LogP contribution in [-0.2, 0) is 12.7 Å². The first kappa shape index (κ1) is 21.0. The Morgan fingerprint density at radius 2 is 1.69 bits per heavy atom. The van der Waals surface area contributed by atoms with Crippen LogP contribution in [0.3, 0.4) is 0 Å². The molecular formula is C21H23F3N2O3. The topological polar surface area (TPSA) is 42.0 Å². The van der Waals surface area contributed by atoms with E-state index in [-0.39, 0.29) is 5.91 Å². The van der Waals surface area contributed by atoms with Crippen LogP contribution in [0.4, 0.5) is 13.2 Å². The first-order chi connectivity index (χ1) is 13.8. The summed E-state index contributed by atoms with van der Waals surface area (Å²) in [6.07, 6.45) is -4.35. The molecule has 1 heterocycles. The number of amides is 1. The number of ether oxygens (including phenoxy) is 2.